The number of rotatable bonds is 2. The molecule has 0 unspecified atom stereocenters. The zero-order valence-corrected chi connectivity index (χ0v) is 9.13. The lowest BCUT2D eigenvalue weighted by Gasteiger charge is -2.31. The van der Waals surface area contributed by atoms with Crippen LogP contribution < -0.4 is 4.90 Å². The van der Waals surface area contributed by atoms with E-state index in [0.29, 0.717) is 31.7 Å². The van der Waals surface area contributed by atoms with Crippen molar-refractivity contribution >= 4 is 11.8 Å². The van der Waals surface area contributed by atoms with Gasteiger partial charge in [-0.25, -0.2) is 4.79 Å². The second kappa shape index (κ2) is 4.13. The van der Waals surface area contributed by atoms with E-state index in [9.17, 15) is 9.90 Å². The molecule has 88 valence electrons. The van der Waals surface area contributed by atoms with Gasteiger partial charge in [-0.15, -0.1) is 0 Å². The van der Waals surface area contributed by atoms with Gasteiger partial charge in [0.1, 0.15) is 11.4 Å². The molecule has 1 aromatic heterocycles. The molecule has 2 heterocycles. The number of aliphatic hydroxyl groups is 1. The molecule has 1 aliphatic heterocycles. The molecule has 2 N–H and O–H groups in total. The third-order valence-electron chi connectivity index (χ3n) is 2.90. The summed E-state index contributed by atoms with van der Waals surface area (Å²) in [6, 6.07) is 0. The largest absolute Gasteiger partial charge is 0.477 e. The molecule has 0 aromatic carbocycles. The number of aromatic nitrogens is 2. The normalized spacial score (nSPS) is 17.8. The van der Waals surface area contributed by atoms with Crippen LogP contribution in [0.3, 0.4) is 0 Å². The second-order valence-corrected chi connectivity index (χ2v) is 4.03. The Bertz CT molecular complexity index is 394. The molecule has 2 rings (SSSR count). The van der Waals surface area contributed by atoms with Gasteiger partial charge in [-0.3, -0.25) is 4.68 Å². The van der Waals surface area contributed by atoms with Crippen LogP contribution in [0.2, 0.25) is 0 Å². The molecule has 16 heavy (non-hydrogen) atoms. The van der Waals surface area contributed by atoms with Crippen molar-refractivity contribution in [2.24, 2.45) is 7.05 Å². The highest BCUT2D eigenvalue weighted by molar-refractivity contribution is 5.93. The smallest absolute Gasteiger partial charge is 0.341 e. The molecule has 0 radical (unpaired) electrons. The molecule has 6 heteroatoms. The minimum absolute atomic E-state index is 0.221. The van der Waals surface area contributed by atoms with Crippen LogP contribution in [0.25, 0.3) is 0 Å². The van der Waals surface area contributed by atoms with Crippen molar-refractivity contribution < 1.29 is 15.0 Å². The molecule has 6 nitrogen and oxygen atoms in total. The standard InChI is InChI=1S/C10H15N3O3/c1-12-9(8(6-11-12)10(15)16)13-4-2-7(14)3-5-13/h6-7,14H,2-5H2,1H3,(H,15,16). The Hall–Kier alpha value is -1.56. The second-order valence-electron chi connectivity index (χ2n) is 4.03. The summed E-state index contributed by atoms with van der Waals surface area (Å²) in [7, 11) is 1.73. The Kier molecular flexibility index (Phi) is 2.82. The number of piperidine rings is 1. The SMILES string of the molecule is Cn1ncc(C(=O)O)c1N1CCC(O)CC1. The molecular formula is C10H15N3O3. The van der Waals surface area contributed by atoms with Gasteiger partial charge < -0.3 is 15.1 Å². The lowest BCUT2D eigenvalue weighted by molar-refractivity contribution is 0.0697. The lowest BCUT2D eigenvalue weighted by Crippen LogP contribution is -2.37. The number of carboxylic acid groups (broad SMARTS) is 1. The van der Waals surface area contributed by atoms with Gasteiger partial charge in [0.2, 0.25) is 0 Å². The van der Waals surface area contributed by atoms with E-state index < -0.39 is 5.97 Å². The highest BCUT2D eigenvalue weighted by atomic mass is 16.4. The fourth-order valence-corrected chi connectivity index (χ4v) is 2.03. The zero-order chi connectivity index (χ0) is 11.7. The van der Waals surface area contributed by atoms with Crippen molar-refractivity contribution in [3.05, 3.63) is 11.8 Å². The Labute approximate surface area is 93.1 Å². The minimum atomic E-state index is -0.964. The molecule has 0 aliphatic carbocycles. The van der Waals surface area contributed by atoms with E-state index >= 15 is 0 Å². The van der Waals surface area contributed by atoms with Gasteiger partial charge in [-0.05, 0) is 12.8 Å². The molecule has 0 bridgehead atoms. The van der Waals surface area contributed by atoms with Gasteiger partial charge >= 0.3 is 5.97 Å². The summed E-state index contributed by atoms with van der Waals surface area (Å²) in [5, 5.41) is 22.4. The molecule has 0 atom stereocenters. The van der Waals surface area contributed by atoms with Crippen LogP contribution in [0, 0.1) is 0 Å². The summed E-state index contributed by atoms with van der Waals surface area (Å²) in [6.07, 6.45) is 2.44. The van der Waals surface area contributed by atoms with Crippen LogP contribution in [0.15, 0.2) is 6.20 Å². The summed E-state index contributed by atoms with van der Waals surface area (Å²) in [5.74, 6) is -0.339. The number of hydrogen-bond acceptors (Lipinski definition) is 4. The van der Waals surface area contributed by atoms with Crippen LogP contribution in [-0.2, 0) is 7.05 Å². The summed E-state index contributed by atoms with van der Waals surface area (Å²) >= 11 is 0. The van der Waals surface area contributed by atoms with Gasteiger partial charge in [-0.2, -0.15) is 5.10 Å². The number of nitrogens with zero attached hydrogens (tertiary/aromatic N) is 3. The number of hydrogen-bond donors (Lipinski definition) is 2. The van der Waals surface area contributed by atoms with E-state index in [1.165, 1.54) is 6.20 Å². The molecule has 1 aliphatic rings. The van der Waals surface area contributed by atoms with Gasteiger partial charge in [0.25, 0.3) is 0 Å². The Morgan fingerprint density at radius 1 is 1.50 bits per heavy atom. The summed E-state index contributed by atoms with van der Waals surface area (Å²) in [4.78, 5) is 13.0. The maximum absolute atomic E-state index is 11.0. The summed E-state index contributed by atoms with van der Waals surface area (Å²) in [5.41, 5.74) is 0.221. The highest BCUT2D eigenvalue weighted by Crippen LogP contribution is 2.23. The Balaban J connectivity index is 2.25. The van der Waals surface area contributed by atoms with E-state index in [-0.39, 0.29) is 11.7 Å². The molecule has 0 amide bonds. The molecule has 1 fully saturated rings. The van der Waals surface area contributed by atoms with Gasteiger partial charge in [0.15, 0.2) is 0 Å². The predicted molar refractivity (Wildman–Crippen MR) is 57.6 cm³/mol. The summed E-state index contributed by atoms with van der Waals surface area (Å²) < 4.78 is 1.57. The lowest BCUT2D eigenvalue weighted by atomic mass is 10.1. The van der Waals surface area contributed by atoms with E-state index in [4.69, 9.17) is 5.11 Å². The molecule has 1 saturated heterocycles. The first-order chi connectivity index (χ1) is 7.59. The molecule has 1 aromatic rings. The van der Waals surface area contributed by atoms with E-state index in [2.05, 4.69) is 5.10 Å². The van der Waals surface area contributed by atoms with Crippen molar-refractivity contribution in [2.45, 2.75) is 18.9 Å². The fourth-order valence-electron chi connectivity index (χ4n) is 2.03. The maximum Gasteiger partial charge on any atom is 0.341 e. The quantitative estimate of drug-likeness (QED) is 0.745. The van der Waals surface area contributed by atoms with Crippen molar-refractivity contribution in [2.75, 3.05) is 18.0 Å². The molecule has 0 spiro atoms. The first-order valence-corrected chi connectivity index (χ1v) is 5.28. The minimum Gasteiger partial charge on any atom is -0.477 e. The predicted octanol–water partition coefficient (Wildman–Crippen LogP) is 0.0794. The topological polar surface area (TPSA) is 78.6 Å². The van der Waals surface area contributed by atoms with Gasteiger partial charge in [-0.1, -0.05) is 0 Å². The van der Waals surface area contributed by atoms with Crippen LogP contribution in [-0.4, -0.2) is 45.2 Å². The number of aliphatic hydroxyl groups excluding tert-OH is 1. The van der Waals surface area contributed by atoms with Crippen molar-refractivity contribution in [3.63, 3.8) is 0 Å². The number of aryl methyl sites for hydroxylation is 1. The third kappa shape index (κ3) is 1.88. The Morgan fingerprint density at radius 3 is 2.69 bits per heavy atom. The van der Waals surface area contributed by atoms with Crippen molar-refractivity contribution in [1.82, 2.24) is 9.78 Å². The zero-order valence-electron chi connectivity index (χ0n) is 9.13. The Morgan fingerprint density at radius 2 is 2.12 bits per heavy atom. The first kappa shape index (κ1) is 10.9. The van der Waals surface area contributed by atoms with Crippen LogP contribution >= 0.6 is 0 Å². The van der Waals surface area contributed by atoms with Gasteiger partial charge in [0.05, 0.1) is 12.3 Å². The average molecular weight is 225 g/mol. The highest BCUT2D eigenvalue weighted by Gasteiger charge is 2.24. The van der Waals surface area contributed by atoms with Crippen LogP contribution in [0.1, 0.15) is 23.2 Å². The monoisotopic (exact) mass is 225 g/mol. The molecular weight excluding hydrogens is 210 g/mol. The van der Waals surface area contributed by atoms with E-state index in [1.807, 2.05) is 4.90 Å². The third-order valence-corrected chi connectivity index (χ3v) is 2.90. The fraction of sp³-hybridized carbons (Fsp3) is 0.600. The molecule has 0 saturated carbocycles. The van der Waals surface area contributed by atoms with Crippen LogP contribution in [0.5, 0.6) is 0 Å². The van der Waals surface area contributed by atoms with Crippen molar-refractivity contribution in [1.29, 1.82) is 0 Å². The first-order valence-electron chi connectivity index (χ1n) is 5.28. The van der Waals surface area contributed by atoms with Gasteiger partial charge in [0, 0.05) is 20.1 Å². The number of anilines is 1. The number of carbonyl (C=O) groups is 1. The summed E-state index contributed by atoms with van der Waals surface area (Å²) in [6.45, 7) is 1.34. The number of aromatic carboxylic acids is 1. The van der Waals surface area contributed by atoms with Crippen LogP contribution in [0.4, 0.5) is 5.82 Å². The van der Waals surface area contributed by atoms with E-state index in [1.54, 1.807) is 11.7 Å². The van der Waals surface area contributed by atoms with Crippen molar-refractivity contribution in [3.8, 4) is 0 Å². The average Bonchev–Trinajstić information content (AvgIpc) is 2.62. The van der Waals surface area contributed by atoms with E-state index in [0.717, 1.165) is 0 Å². The maximum atomic E-state index is 11.0. The number of carboxylic acids is 1.